The molecular weight excluding hydrogens is 538 g/mol. The molecule has 12 nitrogen and oxygen atoms in total. The highest BCUT2D eigenvalue weighted by molar-refractivity contribution is 8.05. The number of aromatic nitrogens is 1. The van der Waals surface area contributed by atoms with Crippen molar-refractivity contribution in [2.24, 2.45) is 0 Å². The molecule has 0 radical (unpaired) electrons. The van der Waals surface area contributed by atoms with Gasteiger partial charge in [0.25, 0.3) is 10.0 Å². The summed E-state index contributed by atoms with van der Waals surface area (Å²) in [6, 6.07) is 12.8. The maximum Gasteiger partial charge on any atom is 0.352 e. The Hall–Kier alpha value is -3.88. The molecule has 2 heterocycles. The van der Waals surface area contributed by atoms with Crippen molar-refractivity contribution >= 4 is 37.9 Å². The summed E-state index contributed by atoms with van der Waals surface area (Å²) in [7, 11) is -8.16. The number of para-hydroxylation sites is 1. The number of carbonyl (C=O) groups excluding carboxylic acids is 1. The van der Waals surface area contributed by atoms with E-state index >= 15 is 0 Å². The quantitative estimate of drug-likeness (QED) is 0.279. The van der Waals surface area contributed by atoms with Crippen LogP contribution in [0.3, 0.4) is 0 Å². The number of hydrogen-bond acceptors (Lipinski definition) is 8. The average molecular weight is 564 g/mol. The number of anilines is 1. The van der Waals surface area contributed by atoms with Gasteiger partial charge in [-0.2, -0.15) is 8.42 Å². The van der Waals surface area contributed by atoms with Crippen molar-refractivity contribution in [3.05, 3.63) is 60.3 Å². The lowest BCUT2D eigenvalue weighted by molar-refractivity contribution is -0.133. The largest absolute Gasteiger partial charge is 0.493 e. The van der Waals surface area contributed by atoms with E-state index in [1.54, 1.807) is 20.8 Å². The van der Waals surface area contributed by atoms with Gasteiger partial charge in [0.1, 0.15) is 17.9 Å². The summed E-state index contributed by atoms with van der Waals surface area (Å²) in [5, 5.41) is 9.54. The fourth-order valence-electron chi connectivity index (χ4n) is 4.04. The van der Waals surface area contributed by atoms with Crippen LogP contribution in [0, 0.1) is 0 Å². The maximum absolute atomic E-state index is 13.2. The second kappa shape index (κ2) is 10.5. The molecular formula is C24H25N3O9S2. The van der Waals surface area contributed by atoms with Crippen LogP contribution in [0.4, 0.5) is 5.69 Å². The first-order valence-electron chi connectivity index (χ1n) is 11.5. The van der Waals surface area contributed by atoms with E-state index in [-0.39, 0.29) is 27.8 Å². The van der Waals surface area contributed by atoms with Crippen molar-refractivity contribution in [2.45, 2.75) is 31.2 Å². The Morgan fingerprint density at radius 3 is 2.53 bits per heavy atom. The van der Waals surface area contributed by atoms with E-state index < -0.39 is 38.7 Å². The molecule has 0 unspecified atom stereocenters. The van der Waals surface area contributed by atoms with Crippen LogP contribution in [0.2, 0.25) is 0 Å². The van der Waals surface area contributed by atoms with Crippen LogP contribution in [0.25, 0.3) is 11.3 Å². The number of benzene rings is 2. The van der Waals surface area contributed by atoms with Crippen LogP contribution in [0.1, 0.15) is 30.3 Å². The monoisotopic (exact) mass is 563 g/mol. The number of sulfonamides is 1. The molecule has 2 aromatic carbocycles. The number of nitrogens with zero attached hydrogens (tertiary/aromatic N) is 2. The Balaban J connectivity index is 1.70. The number of carbonyl (C=O) groups is 2. The van der Waals surface area contributed by atoms with E-state index in [1.165, 1.54) is 49.6 Å². The van der Waals surface area contributed by atoms with Gasteiger partial charge in [-0.05, 0) is 48.4 Å². The van der Waals surface area contributed by atoms with Crippen LogP contribution in [-0.4, -0.2) is 52.1 Å². The predicted molar refractivity (Wildman–Crippen MR) is 137 cm³/mol. The highest BCUT2D eigenvalue weighted by atomic mass is 32.3. The van der Waals surface area contributed by atoms with E-state index in [4.69, 9.17) is 9.47 Å². The lowest BCUT2D eigenvalue weighted by Gasteiger charge is -2.29. The van der Waals surface area contributed by atoms with Gasteiger partial charge in [-0.15, -0.1) is 0 Å². The van der Waals surface area contributed by atoms with Crippen molar-refractivity contribution < 1.29 is 41.0 Å². The van der Waals surface area contributed by atoms with Crippen molar-refractivity contribution in [1.29, 1.82) is 0 Å². The Morgan fingerprint density at radius 1 is 1.11 bits per heavy atom. The Bertz CT molecular complexity index is 1610. The van der Waals surface area contributed by atoms with Gasteiger partial charge in [0, 0.05) is 12.2 Å². The molecule has 3 aromatic rings. The summed E-state index contributed by atoms with van der Waals surface area (Å²) in [4.78, 5) is 23.4. The maximum atomic E-state index is 13.2. The highest BCUT2D eigenvalue weighted by Crippen LogP contribution is 2.41. The first kappa shape index (κ1) is 27.2. The SMILES string of the molecule is CCCCn1c(C(=O)O)ccc1-c1cccc(S(=O)(=O)NS(=O)(=O)N2CC(=O)Oc3c(OC)cccc32)c1. The Labute approximate surface area is 219 Å². The molecule has 0 fully saturated rings. The number of carboxylic acids is 1. The minimum Gasteiger partial charge on any atom is -0.493 e. The van der Waals surface area contributed by atoms with Gasteiger partial charge in [-0.3, -0.25) is 0 Å². The normalized spacial score (nSPS) is 13.6. The van der Waals surface area contributed by atoms with Gasteiger partial charge in [0.05, 0.1) is 12.0 Å². The molecule has 0 amide bonds. The van der Waals surface area contributed by atoms with Crippen LogP contribution >= 0.6 is 0 Å². The summed E-state index contributed by atoms with van der Waals surface area (Å²) < 4.78 is 66.9. The number of hydrogen-bond donors (Lipinski definition) is 2. The standard InChI is InChI=1S/C24H25N3O9S2/c1-3-4-13-26-18(11-12-20(26)24(29)30)16-7-5-8-17(14-16)37(31,32)25-38(33,34)27-15-22(28)36-23-19(27)9-6-10-21(23)35-2/h5-12,14,25H,3-4,13,15H2,1-2H3,(H,29,30). The number of rotatable bonds is 10. The number of esters is 1. The van der Waals surface area contributed by atoms with E-state index in [9.17, 15) is 31.5 Å². The number of carboxylic acid groups (broad SMARTS) is 1. The van der Waals surface area contributed by atoms with Gasteiger partial charge in [-0.25, -0.2) is 22.3 Å². The van der Waals surface area contributed by atoms with E-state index in [0.29, 0.717) is 28.5 Å². The first-order chi connectivity index (χ1) is 18.0. The Morgan fingerprint density at radius 2 is 1.84 bits per heavy atom. The molecule has 0 atom stereocenters. The molecule has 2 N–H and O–H groups in total. The lowest BCUT2D eigenvalue weighted by Crippen LogP contribution is -2.48. The van der Waals surface area contributed by atoms with E-state index in [0.717, 1.165) is 6.42 Å². The summed E-state index contributed by atoms with van der Waals surface area (Å²) in [5.41, 5.74) is 0.824. The highest BCUT2D eigenvalue weighted by Gasteiger charge is 2.37. The van der Waals surface area contributed by atoms with E-state index in [2.05, 4.69) is 0 Å². The molecule has 1 aliphatic heterocycles. The summed E-state index contributed by atoms with van der Waals surface area (Å²) >= 11 is 0. The van der Waals surface area contributed by atoms with Crippen molar-refractivity contribution in [1.82, 2.24) is 8.69 Å². The molecule has 0 bridgehead atoms. The van der Waals surface area contributed by atoms with Gasteiger partial charge in [-0.1, -0.05) is 35.7 Å². The number of unbranched alkanes of at least 4 members (excludes halogenated alkanes) is 1. The Kier molecular flexibility index (Phi) is 7.49. The molecule has 0 saturated carbocycles. The fraction of sp³-hybridized carbons (Fsp3) is 0.250. The third-order valence-electron chi connectivity index (χ3n) is 5.82. The van der Waals surface area contributed by atoms with Crippen LogP contribution < -0.4 is 17.9 Å². The van der Waals surface area contributed by atoms with Crippen LogP contribution in [0.15, 0.2) is 59.5 Å². The minimum absolute atomic E-state index is 0.0495. The van der Waals surface area contributed by atoms with Gasteiger partial charge in [0.2, 0.25) is 0 Å². The molecule has 14 heteroatoms. The first-order valence-corrected chi connectivity index (χ1v) is 14.4. The van der Waals surface area contributed by atoms with Crippen molar-refractivity contribution in [3.8, 4) is 22.8 Å². The number of nitrogens with one attached hydrogen (secondary N) is 1. The molecule has 0 spiro atoms. The third-order valence-corrected chi connectivity index (χ3v) is 9.32. The smallest absolute Gasteiger partial charge is 0.352 e. The number of methoxy groups -OCH3 is 1. The predicted octanol–water partition coefficient (Wildman–Crippen LogP) is 2.61. The molecule has 1 aromatic heterocycles. The second-order valence-electron chi connectivity index (χ2n) is 8.32. The molecule has 1 aliphatic rings. The zero-order chi connectivity index (χ0) is 27.7. The zero-order valence-corrected chi connectivity index (χ0v) is 22.1. The fourth-order valence-corrected chi connectivity index (χ4v) is 7.12. The second-order valence-corrected chi connectivity index (χ2v) is 11.9. The number of ether oxygens (including phenoxy) is 2. The van der Waals surface area contributed by atoms with E-state index in [1.807, 2.05) is 6.92 Å². The average Bonchev–Trinajstić information content (AvgIpc) is 3.30. The molecule has 0 saturated heterocycles. The molecule has 38 heavy (non-hydrogen) atoms. The van der Waals surface area contributed by atoms with Gasteiger partial charge < -0.3 is 19.1 Å². The van der Waals surface area contributed by atoms with Crippen LogP contribution in [0.5, 0.6) is 11.5 Å². The lowest BCUT2D eigenvalue weighted by atomic mass is 10.1. The van der Waals surface area contributed by atoms with Crippen molar-refractivity contribution in [2.75, 3.05) is 18.0 Å². The summed E-state index contributed by atoms with van der Waals surface area (Å²) in [6.07, 6.45) is 1.51. The number of aromatic carboxylic acids is 1. The van der Waals surface area contributed by atoms with Crippen LogP contribution in [-0.2, 0) is 31.6 Å². The molecule has 0 aliphatic carbocycles. The van der Waals surface area contributed by atoms with Gasteiger partial charge >= 0.3 is 22.1 Å². The topological polar surface area (TPSA) is 161 Å². The summed E-state index contributed by atoms with van der Waals surface area (Å²) in [6.45, 7) is 1.60. The molecule has 202 valence electrons. The number of fused-ring (bicyclic) bond motifs is 1. The minimum atomic E-state index is -4.81. The summed E-state index contributed by atoms with van der Waals surface area (Å²) in [5.74, 6) is -2.11. The third kappa shape index (κ3) is 5.23. The zero-order valence-electron chi connectivity index (χ0n) is 20.4. The van der Waals surface area contributed by atoms with Gasteiger partial charge in [0.15, 0.2) is 11.5 Å². The van der Waals surface area contributed by atoms with Crippen molar-refractivity contribution in [3.63, 3.8) is 0 Å². The molecule has 4 rings (SSSR count).